The number of halogens is 1. The molecule has 23 heavy (non-hydrogen) atoms. The Morgan fingerprint density at radius 1 is 1.52 bits per heavy atom. The SMILES string of the molecule is CCn1c([C@H]2C[C@H](CNc3ncccc3Cl)[C@H](O)C2)n[nH]c1=O. The van der Waals surface area contributed by atoms with Crippen LogP contribution in [0.15, 0.2) is 23.1 Å². The van der Waals surface area contributed by atoms with Crippen molar-refractivity contribution in [2.24, 2.45) is 5.92 Å². The van der Waals surface area contributed by atoms with Gasteiger partial charge in [-0.3, -0.25) is 4.57 Å². The number of rotatable bonds is 5. The first-order valence-corrected chi connectivity index (χ1v) is 8.15. The van der Waals surface area contributed by atoms with Crippen LogP contribution in [0, 0.1) is 5.92 Å². The van der Waals surface area contributed by atoms with Crippen molar-refractivity contribution in [2.45, 2.75) is 38.3 Å². The molecule has 2 aromatic heterocycles. The molecular formula is C15H20ClN5O2. The molecule has 2 heterocycles. The minimum atomic E-state index is -0.438. The normalized spacial score (nSPS) is 24.0. The fourth-order valence-corrected chi connectivity index (χ4v) is 3.41. The number of nitrogens with zero attached hydrogens (tertiary/aromatic N) is 3. The van der Waals surface area contributed by atoms with E-state index in [4.69, 9.17) is 11.6 Å². The summed E-state index contributed by atoms with van der Waals surface area (Å²) in [4.78, 5) is 15.9. The summed E-state index contributed by atoms with van der Waals surface area (Å²) in [5, 5.41) is 20.7. The Kier molecular flexibility index (Phi) is 4.68. The van der Waals surface area contributed by atoms with E-state index in [1.807, 2.05) is 6.92 Å². The number of aromatic amines is 1. The molecule has 0 aliphatic heterocycles. The lowest BCUT2D eigenvalue weighted by Crippen LogP contribution is -2.22. The number of hydrogen-bond donors (Lipinski definition) is 3. The number of nitrogens with one attached hydrogen (secondary N) is 2. The summed E-state index contributed by atoms with van der Waals surface area (Å²) in [6.45, 7) is 3.06. The molecule has 0 saturated heterocycles. The van der Waals surface area contributed by atoms with Crippen LogP contribution in [-0.2, 0) is 6.54 Å². The van der Waals surface area contributed by atoms with Crippen molar-refractivity contribution in [1.29, 1.82) is 0 Å². The van der Waals surface area contributed by atoms with Crippen molar-refractivity contribution in [3.63, 3.8) is 0 Å². The molecule has 2 aromatic rings. The molecule has 1 aliphatic carbocycles. The third kappa shape index (κ3) is 3.25. The number of H-pyrrole nitrogens is 1. The molecule has 1 aliphatic rings. The van der Waals surface area contributed by atoms with E-state index >= 15 is 0 Å². The summed E-state index contributed by atoms with van der Waals surface area (Å²) in [6.07, 6.45) is 2.61. The van der Waals surface area contributed by atoms with Crippen molar-refractivity contribution in [1.82, 2.24) is 19.7 Å². The van der Waals surface area contributed by atoms with Crippen LogP contribution in [0.4, 0.5) is 5.82 Å². The van der Waals surface area contributed by atoms with Crippen LogP contribution in [0.3, 0.4) is 0 Å². The van der Waals surface area contributed by atoms with Crippen LogP contribution < -0.4 is 11.0 Å². The standard InChI is InChI=1S/C15H20ClN5O2/c1-2-21-14(19-20-15(21)23)9-6-10(12(22)7-9)8-18-13-11(16)4-3-5-17-13/h3-5,9-10,12,22H,2,6-8H2,1H3,(H,17,18)(H,20,23)/t9-,10+,12+/m0/s1. The van der Waals surface area contributed by atoms with Gasteiger partial charge in [0.05, 0.1) is 11.1 Å². The Hall–Kier alpha value is -1.86. The first-order valence-electron chi connectivity index (χ1n) is 7.77. The maximum Gasteiger partial charge on any atom is 0.343 e. The highest BCUT2D eigenvalue weighted by Gasteiger charge is 2.36. The van der Waals surface area contributed by atoms with E-state index in [9.17, 15) is 9.90 Å². The molecule has 0 bridgehead atoms. The number of aromatic nitrogens is 4. The van der Waals surface area contributed by atoms with Gasteiger partial charge in [-0.25, -0.2) is 14.9 Å². The van der Waals surface area contributed by atoms with Gasteiger partial charge in [-0.05, 0) is 31.9 Å². The Morgan fingerprint density at radius 2 is 2.35 bits per heavy atom. The average molecular weight is 338 g/mol. The van der Waals surface area contributed by atoms with Crippen LogP contribution >= 0.6 is 11.6 Å². The Labute approximate surface area is 138 Å². The zero-order chi connectivity index (χ0) is 16.4. The van der Waals surface area contributed by atoms with Gasteiger partial charge in [0.15, 0.2) is 0 Å². The highest BCUT2D eigenvalue weighted by Crippen LogP contribution is 2.37. The molecule has 124 valence electrons. The molecule has 8 heteroatoms. The lowest BCUT2D eigenvalue weighted by atomic mass is 10.0. The third-order valence-corrected chi connectivity index (χ3v) is 4.72. The predicted octanol–water partition coefficient (Wildman–Crippen LogP) is 1.61. The first kappa shape index (κ1) is 16.0. The molecule has 1 saturated carbocycles. The molecule has 7 nitrogen and oxygen atoms in total. The van der Waals surface area contributed by atoms with Crippen molar-refractivity contribution in [2.75, 3.05) is 11.9 Å². The Bertz CT molecular complexity index is 729. The molecule has 0 unspecified atom stereocenters. The minimum absolute atomic E-state index is 0.0650. The summed E-state index contributed by atoms with van der Waals surface area (Å²) >= 11 is 6.07. The molecule has 0 aromatic carbocycles. The van der Waals surface area contributed by atoms with Gasteiger partial charge in [-0.15, -0.1) is 0 Å². The largest absolute Gasteiger partial charge is 0.393 e. The van der Waals surface area contributed by atoms with Crippen LogP contribution in [0.5, 0.6) is 0 Å². The van der Waals surface area contributed by atoms with Gasteiger partial charge >= 0.3 is 5.69 Å². The maximum atomic E-state index is 11.7. The molecule has 1 fully saturated rings. The fourth-order valence-electron chi connectivity index (χ4n) is 3.22. The molecule has 0 spiro atoms. The average Bonchev–Trinajstić information content (AvgIpc) is 3.09. The van der Waals surface area contributed by atoms with E-state index in [0.29, 0.717) is 30.4 Å². The van der Waals surface area contributed by atoms with E-state index in [0.717, 1.165) is 12.2 Å². The van der Waals surface area contributed by atoms with Gasteiger partial charge in [-0.1, -0.05) is 11.6 Å². The van der Waals surface area contributed by atoms with Crippen molar-refractivity contribution >= 4 is 17.4 Å². The highest BCUT2D eigenvalue weighted by molar-refractivity contribution is 6.32. The van der Waals surface area contributed by atoms with E-state index in [1.165, 1.54) is 0 Å². The summed E-state index contributed by atoms with van der Waals surface area (Å²) in [5.41, 5.74) is -0.196. The van der Waals surface area contributed by atoms with Gasteiger partial charge in [0.1, 0.15) is 11.6 Å². The number of anilines is 1. The summed E-state index contributed by atoms with van der Waals surface area (Å²) < 4.78 is 1.63. The molecule has 0 amide bonds. The predicted molar refractivity (Wildman–Crippen MR) is 87.7 cm³/mol. The molecule has 3 atom stereocenters. The van der Waals surface area contributed by atoms with E-state index in [-0.39, 0.29) is 17.5 Å². The Morgan fingerprint density at radius 3 is 3.09 bits per heavy atom. The third-order valence-electron chi connectivity index (χ3n) is 4.42. The molecule has 3 N–H and O–H groups in total. The monoisotopic (exact) mass is 337 g/mol. The smallest absolute Gasteiger partial charge is 0.343 e. The van der Waals surface area contributed by atoms with Crippen molar-refractivity contribution in [3.05, 3.63) is 39.7 Å². The van der Waals surface area contributed by atoms with Crippen LogP contribution in [-0.4, -0.2) is 37.5 Å². The van der Waals surface area contributed by atoms with E-state index in [2.05, 4.69) is 20.5 Å². The van der Waals surface area contributed by atoms with Gasteiger partial charge in [0, 0.05) is 31.1 Å². The van der Waals surface area contributed by atoms with Gasteiger partial charge in [0.2, 0.25) is 0 Å². The highest BCUT2D eigenvalue weighted by atomic mass is 35.5. The lowest BCUT2D eigenvalue weighted by molar-refractivity contribution is 0.137. The fraction of sp³-hybridized carbons (Fsp3) is 0.533. The van der Waals surface area contributed by atoms with E-state index < -0.39 is 6.10 Å². The molecule has 3 rings (SSSR count). The number of pyridine rings is 1. The topological polar surface area (TPSA) is 95.8 Å². The maximum absolute atomic E-state index is 11.7. The minimum Gasteiger partial charge on any atom is -0.393 e. The molecule has 0 radical (unpaired) electrons. The quantitative estimate of drug-likeness (QED) is 0.770. The van der Waals surface area contributed by atoms with Gasteiger partial charge in [0.25, 0.3) is 0 Å². The zero-order valence-corrected chi connectivity index (χ0v) is 13.6. The van der Waals surface area contributed by atoms with Crippen LogP contribution in [0.1, 0.15) is 31.5 Å². The summed E-state index contributed by atoms with van der Waals surface area (Å²) in [6, 6.07) is 3.55. The number of aliphatic hydroxyl groups is 1. The second-order valence-electron chi connectivity index (χ2n) is 5.84. The first-order chi connectivity index (χ1) is 11.1. The van der Waals surface area contributed by atoms with Crippen molar-refractivity contribution < 1.29 is 5.11 Å². The van der Waals surface area contributed by atoms with Crippen LogP contribution in [0.2, 0.25) is 5.02 Å². The van der Waals surface area contributed by atoms with Gasteiger partial charge < -0.3 is 10.4 Å². The Balaban J connectivity index is 1.67. The zero-order valence-electron chi connectivity index (χ0n) is 12.9. The second kappa shape index (κ2) is 6.72. The summed E-state index contributed by atoms with van der Waals surface area (Å²) in [5.74, 6) is 1.50. The van der Waals surface area contributed by atoms with E-state index in [1.54, 1.807) is 22.9 Å². The van der Waals surface area contributed by atoms with Crippen molar-refractivity contribution in [3.8, 4) is 0 Å². The summed E-state index contributed by atoms with van der Waals surface area (Å²) in [7, 11) is 0. The lowest BCUT2D eigenvalue weighted by Gasteiger charge is -2.16. The molecular weight excluding hydrogens is 318 g/mol. The van der Waals surface area contributed by atoms with Crippen LogP contribution in [0.25, 0.3) is 0 Å². The number of aliphatic hydroxyl groups excluding tert-OH is 1. The number of hydrogen-bond acceptors (Lipinski definition) is 5. The second-order valence-corrected chi connectivity index (χ2v) is 6.25. The van der Waals surface area contributed by atoms with Gasteiger partial charge in [-0.2, -0.15) is 5.10 Å².